The molecule has 1 saturated heterocycles. The zero-order valence-corrected chi connectivity index (χ0v) is 6.71. The van der Waals surface area contributed by atoms with Gasteiger partial charge in [0.1, 0.15) is 0 Å². The Morgan fingerprint density at radius 2 is 2.27 bits per heavy atom. The van der Waals surface area contributed by atoms with Crippen LogP contribution in [0.25, 0.3) is 0 Å². The van der Waals surface area contributed by atoms with Gasteiger partial charge in [-0.15, -0.1) is 0 Å². The molecule has 0 radical (unpaired) electrons. The zero-order chi connectivity index (χ0) is 7.68. The van der Waals surface area contributed by atoms with Gasteiger partial charge in [-0.1, -0.05) is 0 Å². The molecule has 2 atom stereocenters. The average molecular weight is 156 g/mol. The molecular weight excluding hydrogens is 140 g/mol. The molecule has 0 amide bonds. The van der Waals surface area contributed by atoms with Gasteiger partial charge >= 0.3 is 0 Å². The van der Waals surface area contributed by atoms with Crippen molar-refractivity contribution < 1.29 is 5.11 Å². The maximum absolute atomic E-state index is 9.19. The van der Waals surface area contributed by atoms with Crippen molar-refractivity contribution in [3.05, 3.63) is 0 Å². The lowest BCUT2D eigenvalue weighted by molar-refractivity contribution is 0.193. The van der Waals surface area contributed by atoms with Gasteiger partial charge in [-0.05, 0) is 19.3 Å². The summed E-state index contributed by atoms with van der Waals surface area (Å²) >= 11 is 0. The lowest BCUT2D eigenvalue weighted by Crippen LogP contribution is -2.34. The van der Waals surface area contributed by atoms with Crippen LogP contribution in [-0.4, -0.2) is 36.4 Å². The van der Waals surface area contributed by atoms with E-state index >= 15 is 0 Å². The van der Waals surface area contributed by atoms with Crippen LogP contribution in [0.15, 0.2) is 0 Å². The summed E-state index contributed by atoms with van der Waals surface area (Å²) in [7, 11) is 0. The highest BCUT2D eigenvalue weighted by atomic mass is 16.3. The first kappa shape index (κ1) is 7.53. The molecule has 0 spiro atoms. The quantitative estimate of drug-likeness (QED) is 0.514. The number of rotatable bonds is 3. The fraction of sp³-hybridized carbons (Fsp3) is 1.00. The highest BCUT2D eigenvalue weighted by Gasteiger charge is 2.25. The van der Waals surface area contributed by atoms with Crippen LogP contribution in [0.1, 0.15) is 19.3 Å². The Balaban J connectivity index is 1.62. The maximum atomic E-state index is 9.19. The Morgan fingerprint density at radius 1 is 1.45 bits per heavy atom. The number of hydrogen-bond acceptors (Lipinski definition) is 3. The summed E-state index contributed by atoms with van der Waals surface area (Å²) < 4.78 is 0. The summed E-state index contributed by atoms with van der Waals surface area (Å²) in [5, 5.41) is 15.9. The van der Waals surface area contributed by atoms with Crippen molar-refractivity contribution in [2.45, 2.75) is 37.5 Å². The molecule has 3 heteroatoms. The lowest BCUT2D eigenvalue weighted by atomic mass is 10.2. The summed E-state index contributed by atoms with van der Waals surface area (Å²) in [5.41, 5.74) is 0. The molecule has 2 fully saturated rings. The van der Waals surface area contributed by atoms with E-state index in [1.54, 1.807) is 0 Å². The number of hydrogen-bond donors (Lipinski definition) is 3. The van der Waals surface area contributed by atoms with Crippen LogP contribution < -0.4 is 10.6 Å². The molecular formula is C8H16N2O. The second-order valence-electron chi connectivity index (χ2n) is 3.68. The van der Waals surface area contributed by atoms with E-state index in [4.69, 9.17) is 0 Å². The molecule has 2 aliphatic rings. The highest BCUT2D eigenvalue weighted by molar-refractivity contribution is 4.87. The molecule has 0 unspecified atom stereocenters. The number of aliphatic hydroxyl groups is 1. The van der Waals surface area contributed by atoms with E-state index in [0.717, 1.165) is 25.6 Å². The Hall–Kier alpha value is -0.120. The first-order chi connectivity index (χ1) is 5.34. The van der Waals surface area contributed by atoms with Crippen molar-refractivity contribution in [3.63, 3.8) is 0 Å². The largest absolute Gasteiger partial charge is 0.392 e. The minimum Gasteiger partial charge on any atom is -0.392 e. The standard InChI is InChI=1S/C8H16N2O/c11-8-3-7(10-5-8)4-9-6-1-2-6/h6-11H,1-5H2/t7-,8-/m1/s1. The van der Waals surface area contributed by atoms with E-state index in [2.05, 4.69) is 10.6 Å². The van der Waals surface area contributed by atoms with E-state index < -0.39 is 0 Å². The Morgan fingerprint density at radius 3 is 2.82 bits per heavy atom. The van der Waals surface area contributed by atoms with Crippen LogP contribution >= 0.6 is 0 Å². The molecule has 0 aromatic rings. The molecule has 0 bridgehead atoms. The second kappa shape index (κ2) is 3.09. The van der Waals surface area contributed by atoms with Crippen LogP contribution in [0.3, 0.4) is 0 Å². The first-order valence-corrected chi connectivity index (χ1v) is 4.49. The molecule has 0 aromatic carbocycles. The third-order valence-electron chi connectivity index (χ3n) is 2.43. The summed E-state index contributed by atoms with van der Waals surface area (Å²) in [6.07, 6.45) is 3.49. The van der Waals surface area contributed by atoms with Crippen molar-refractivity contribution in [1.29, 1.82) is 0 Å². The minimum absolute atomic E-state index is 0.110. The fourth-order valence-electron chi connectivity index (χ4n) is 1.55. The minimum atomic E-state index is -0.110. The fourth-order valence-corrected chi connectivity index (χ4v) is 1.55. The van der Waals surface area contributed by atoms with Gasteiger partial charge in [0, 0.05) is 25.2 Å². The highest BCUT2D eigenvalue weighted by Crippen LogP contribution is 2.18. The van der Waals surface area contributed by atoms with Gasteiger partial charge in [-0.25, -0.2) is 0 Å². The van der Waals surface area contributed by atoms with Crippen LogP contribution in [0.4, 0.5) is 0 Å². The number of β-amino-alcohol motifs (C(OH)–C–C–N with tert-alkyl or cyclic N) is 1. The Labute approximate surface area is 67.2 Å². The smallest absolute Gasteiger partial charge is 0.0680 e. The van der Waals surface area contributed by atoms with Crippen LogP contribution in [0.5, 0.6) is 0 Å². The lowest BCUT2D eigenvalue weighted by Gasteiger charge is -2.09. The molecule has 1 saturated carbocycles. The second-order valence-corrected chi connectivity index (χ2v) is 3.68. The third-order valence-corrected chi connectivity index (χ3v) is 2.43. The summed E-state index contributed by atoms with van der Waals surface area (Å²) in [4.78, 5) is 0. The van der Waals surface area contributed by atoms with Crippen LogP contribution in [0, 0.1) is 0 Å². The molecule has 2 rings (SSSR count). The number of nitrogens with one attached hydrogen (secondary N) is 2. The molecule has 1 aliphatic carbocycles. The predicted octanol–water partition coefficient (Wildman–Crippen LogP) is -0.539. The topological polar surface area (TPSA) is 44.3 Å². The summed E-state index contributed by atoms with van der Waals surface area (Å²) in [6, 6.07) is 1.29. The zero-order valence-electron chi connectivity index (χ0n) is 6.71. The first-order valence-electron chi connectivity index (χ1n) is 4.49. The molecule has 11 heavy (non-hydrogen) atoms. The van der Waals surface area contributed by atoms with Gasteiger partial charge in [0.2, 0.25) is 0 Å². The SMILES string of the molecule is O[C@H]1CN[C@@H](CNC2CC2)C1. The molecule has 1 aliphatic heterocycles. The molecule has 3 N–H and O–H groups in total. The van der Waals surface area contributed by atoms with Gasteiger partial charge in [0.15, 0.2) is 0 Å². The van der Waals surface area contributed by atoms with Crippen molar-refractivity contribution >= 4 is 0 Å². The predicted molar refractivity (Wildman–Crippen MR) is 43.4 cm³/mol. The summed E-state index contributed by atoms with van der Waals surface area (Å²) in [6.45, 7) is 1.80. The molecule has 0 aromatic heterocycles. The van der Waals surface area contributed by atoms with Crippen molar-refractivity contribution in [1.82, 2.24) is 10.6 Å². The Kier molecular flexibility index (Phi) is 2.11. The number of aliphatic hydroxyl groups excluding tert-OH is 1. The van der Waals surface area contributed by atoms with Gasteiger partial charge in [0.25, 0.3) is 0 Å². The van der Waals surface area contributed by atoms with E-state index in [0.29, 0.717) is 6.04 Å². The summed E-state index contributed by atoms with van der Waals surface area (Å²) in [5.74, 6) is 0. The average Bonchev–Trinajstić information content (AvgIpc) is 2.72. The molecule has 1 heterocycles. The van der Waals surface area contributed by atoms with Crippen molar-refractivity contribution in [2.75, 3.05) is 13.1 Å². The van der Waals surface area contributed by atoms with Crippen molar-refractivity contribution in [2.24, 2.45) is 0 Å². The van der Waals surface area contributed by atoms with Crippen molar-refractivity contribution in [3.8, 4) is 0 Å². The normalized spacial score (nSPS) is 37.9. The van der Waals surface area contributed by atoms with Crippen LogP contribution in [0.2, 0.25) is 0 Å². The maximum Gasteiger partial charge on any atom is 0.0680 e. The van der Waals surface area contributed by atoms with E-state index in [1.165, 1.54) is 12.8 Å². The van der Waals surface area contributed by atoms with Gasteiger partial charge in [-0.2, -0.15) is 0 Å². The Bertz CT molecular complexity index is 136. The van der Waals surface area contributed by atoms with E-state index in [-0.39, 0.29) is 6.10 Å². The van der Waals surface area contributed by atoms with Crippen LogP contribution in [-0.2, 0) is 0 Å². The third kappa shape index (κ3) is 2.15. The van der Waals surface area contributed by atoms with E-state index in [1.807, 2.05) is 0 Å². The molecule has 3 nitrogen and oxygen atoms in total. The molecule has 64 valence electrons. The van der Waals surface area contributed by atoms with Gasteiger partial charge in [-0.3, -0.25) is 0 Å². The van der Waals surface area contributed by atoms with Gasteiger partial charge in [0.05, 0.1) is 6.10 Å². The monoisotopic (exact) mass is 156 g/mol. The van der Waals surface area contributed by atoms with E-state index in [9.17, 15) is 5.11 Å². The van der Waals surface area contributed by atoms with Gasteiger partial charge < -0.3 is 15.7 Å².